The first-order valence-corrected chi connectivity index (χ1v) is 13.6. The fourth-order valence-electron chi connectivity index (χ4n) is 5.30. The molecule has 1 aromatic heterocycles. The third-order valence-electron chi connectivity index (χ3n) is 7.39. The maximum absolute atomic E-state index is 13.7. The molecule has 8 heteroatoms. The zero-order valence-corrected chi connectivity index (χ0v) is 22.2. The summed E-state index contributed by atoms with van der Waals surface area (Å²) in [6.07, 6.45) is 4.46. The van der Waals surface area contributed by atoms with Crippen molar-refractivity contribution >= 4 is 16.9 Å². The van der Waals surface area contributed by atoms with Crippen LogP contribution in [0.25, 0.3) is 11.0 Å². The van der Waals surface area contributed by atoms with Crippen LogP contribution >= 0.6 is 0 Å². The fraction of sp³-hybridized carbons (Fsp3) is 0.467. The minimum absolute atomic E-state index is 0.121. The molecule has 1 saturated heterocycles. The highest BCUT2D eigenvalue weighted by molar-refractivity contribution is 5.99. The second-order valence-electron chi connectivity index (χ2n) is 9.84. The summed E-state index contributed by atoms with van der Waals surface area (Å²) < 4.78 is 23.2. The van der Waals surface area contributed by atoms with E-state index < -0.39 is 6.04 Å². The third kappa shape index (κ3) is 5.28. The van der Waals surface area contributed by atoms with Crippen LogP contribution in [0.2, 0.25) is 0 Å². The lowest BCUT2D eigenvalue weighted by atomic mass is 9.98. The van der Waals surface area contributed by atoms with Gasteiger partial charge in [-0.05, 0) is 36.2 Å². The Bertz CT molecular complexity index is 1330. The van der Waals surface area contributed by atoms with Gasteiger partial charge in [-0.1, -0.05) is 44.4 Å². The van der Waals surface area contributed by atoms with E-state index in [9.17, 15) is 9.59 Å². The molecule has 0 radical (unpaired) electrons. The van der Waals surface area contributed by atoms with Gasteiger partial charge in [0.1, 0.15) is 5.58 Å². The number of hydrogen-bond acceptors (Lipinski definition) is 7. The van der Waals surface area contributed by atoms with Gasteiger partial charge < -0.3 is 23.5 Å². The second-order valence-corrected chi connectivity index (χ2v) is 9.84. The first-order chi connectivity index (χ1) is 18.6. The van der Waals surface area contributed by atoms with Crippen LogP contribution in [0, 0.1) is 0 Å². The van der Waals surface area contributed by atoms with E-state index in [-0.39, 0.29) is 17.1 Å². The molecule has 1 amide bonds. The van der Waals surface area contributed by atoms with Crippen molar-refractivity contribution < 1.29 is 23.4 Å². The van der Waals surface area contributed by atoms with Gasteiger partial charge in [0.05, 0.1) is 43.9 Å². The minimum Gasteiger partial charge on any atom is -0.493 e. The van der Waals surface area contributed by atoms with E-state index in [1.165, 1.54) is 12.8 Å². The topological polar surface area (TPSA) is 81.5 Å². The predicted molar refractivity (Wildman–Crippen MR) is 145 cm³/mol. The van der Waals surface area contributed by atoms with Gasteiger partial charge >= 0.3 is 0 Å². The molecule has 1 unspecified atom stereocenters. The Balaban J connectivity index is 1.49. The first-order valence-electron chi connectivity index (χ1n) is 13.6. The molecule has 0 saturated carbocycles. The number of unbranched alkanes of at least 4 members (excludes halogenated alkanes) is 3. The maximum Gasteiger partial charge on any atom is 0.290 e. The lowest BCUT2D eigenvalue weighted by Crippen LogP contribution is -2.42. The molecular weight excluding hydrogens is 484 g/mol. The number of morpholine rings is 1. The number of fused-ring (bicyclic) bond motifs is 2. The Morgan fingerprint density at radius 2 is 1.79 bits per heavy atom. The molecule has 1 fully saturated rings. The molecular formula is C30H36N2O6. The Kier molecular flexibility index (Phi) is 8.29. The summed E-state index contributed by atoms with van der Waals surface area (Å²) in [5.74, 6) is 1.09. The minimum atomic E-state index is -0.577. The number of nitrogens with zero attached hydrogens (tertiary/aromatic N) is 2. The number of hydrogen-bond donors (Lipinski definition) is 0. The Morgan fingerprint density at radius 3 is 2.58 bits per heavy atom. The summed E-state index contributed by atoms with van der Waals surface area (Å²) in [6.45, 7) is 6.94. The molecule has 3 aromatic rings. The number of carbonyl (C=O) groups excluding carboxylic acids is 1. The molecule has 202 valence electrons. The number of rotatable bonds is 11. The molecule has 1 atom stereocenters. The lowest BCUT2D eigenvalue weighted by molar-refractivity contribution is 0.0314. The van der Waals surface area contributed by atoms with Crippen molar-refractivity contribution in [2.45, 2.75) is 38.6 Å². The van der Waals surface area contributed by atoms with Gasteiger partial charge in [0.2, 0.25) is 5.76 Å². The largest absolute Gasteiger partial charge is 0.493 e. The zero-order valence-electron chi connectivity index (χ0n) is 22.2. The highest BCUT2D eigenvalue weighted by Crippen LogP contribution is 2.41. The van der Waals surface area contributed by atoms with E-state index in [1.807, 2.05) is 24.3 Å². The summed E-state index contributed by atoms with van der Waals surface area (Å²) in [6, 6.07) is 12.2. The maximum atomic E-state index is 13.7. The average molecular weight is 521 g/mol. The van der Waals surface area contributed by atoms with Crippen LogP contribution in [-0.4, -0.2) is 68.8 Å². The monoisotopic (exact) mass is 520 g/mol. The Labute approximate surface area is 223 Å². The lowest BCUT2D eigenvalue weighted by Gasteiger charge is -2.31. The summed E-state index contributed by atoms with van der Waals surface area (Å²) in [5, 5.41) is 0.470. The van der Waals surface area contributed by atoms with Gasteiger partial charge in [-0.15, -0.1) is 0 Å². The summed E-state index contributed by atoms with van der Waals surface area (Å²) in [7, 11) is 1.61. The van der Waals surface area contributed by atoms with Crippen LogP contribution in [-0.2, 0) is 4.74 Å². The van der Waals surface area contributed by atoms with Crippen LogP contribution in [0.1, 0.15) is 60.3 Å². The van der Waals surface area contributed by atoms with E-state index in [2.05, 4.69) is 11.8 Å². The molecule has 38 heavy (non-hydrogen) atoms. The van der Waals surface area contributed by atoms with Gasteiger partial charge in [0.25, 0.3) is 5.91 Å². The summed E-state index contributed by atoms with van der Waals surface area (Å²) in [4.78, 5) is 31.5. The highest BCUT2D eigenvalue weighted by Gasteiger charge is 2.43. The standard InChI is InChI=1S/C30H36N2O6/c1-3-4-5-8-17-37-24-12-11-21(20-25(24)35-2)27-26-28(33)22-9-6-7-10-23(22)38-29(26)30(34)32(27)14-13-31-15-18-36-19-16-31/h6-7,9-12,20,27H,3-5,8,13-19H2,1-2H3. The predicted octanol–water partition coefficient (Wildman–Crippen LogP) is 4.64. The van der Waals surface area contributed by atoms with Gasteiger partial charge in [-0.25, -0.2) is 0 Å². The van der Waals surface area contributed by atoms with Gasteiger partial charge in [-0.2, -0.15) is 0 Å². The SMILES string of the molecule is CCCCCCOc1ccc(C2c3c(oc4ccccc4c3=O)C(=O)N2CCN2CCOCC2)cc1OC. The van der Waals surface area contributed by atoms with E-state index in [4.69, 9.17) is 18.6 Å². The number of carbonyl (C=O) groups is 1. The zero-order chi connectivity index (χ0) is 26.5. The molecule has 2 aromatic carbocycles. The summed E-state index contributed by atoms with van der Waals surface area (Å²) >= 11 is 0. The number of ether oxygens (including phenoxy) is 3. The van der Waals surface area contributed by atoms with Gasteiger partial charge in [0, 0.05) is 26.2 Å². The van der Waals surface area contributed by atoms with Crippen molar-refractivity contribution in [2.75, 3.05) is 53.1 Å². The van der Waals surface area contributed by atoms with Crippen molar-refractivity contribution in [3.63, 3.8) is 0 Å². The number of amides is 1. The van der Waals surface area contributed by atoms with Crippen molar-refractivity contribution in [1.29, 1.82) is 0 Å². The fourth-order valence-corrected chi connectivity index (χ4v) is 5.30. The van der Waals surface area contributed by atoms with Crippen LogP contribution in [0.3, 0.4) is 0 Å². The van der Waals surface area contributed by atoms with Crippen LogP contribution in [0.15, 0.2) is 51.7 Å². The molecule has 5 rings (SSSR count). The van der Waals surface area contributed by atoms with Crippen LogP contribution in [0.4, 0.5) is 0 Å². The van der Waals surface area contributed by atoms with Crippen molar-refractivity contribution in [1.82, 2.24) is 9.80 Å². The van der Waals surface area contributed by atoms with Gasteiger partial charge in [-0.3, -0.25) is 14.5 Å². The first kappa shape index (κ1) is 26.3. The number of methoxy groups -OCH3 is 1. The summed E-state index contributed by atoms with van der Waals surface area (Å²) in [5.41, 5.74) is 1.41. The molecule has 2 aliphatic rings. The smallest absolute Gasteiger partial charge is 0.290 e. The van der Waals surface area contributed by atoms with Crippen molar-refractivity contribution in [2.24, 2.45) is 0 Å². The molecule has 0 spiro atoms. The van der Waals surface area contributed by atoms with E-state index in [1.54, 1.807) is 30.2 Å². The molecule has 8 nitrogen and oxygen atoms in total. The quantitative estimate of drug-likeness (QED) is 0.341. The van der Waals surface area contributed by atoms with Gasteiger partial charge in [0.15, 0.2) is 16.9 Å². The van der Waals surface area contributed by atoms with Crippen LogP contribution in [0.5, 0.6) is 11.5 Å². The van der Waals surface area contributed by atoms with E-state index >= 15 is 0 Å². The van der Waals surface area contributed by atoms with Crippen molar-refractivity contribution in [3.8, 4) is 11.5 Å². The molecule has 0 bridgehead atoms. The van der Waals surface area contributed by atoms with Crippen LogP contribution < -0.4 is 14.9 Å². The van der Waals surface area contributed by atoms with Crippen molar-refractivity contribution in [3.05, 3.63) is 69.6 Å². The average Bonchev–Trinajstić information content (AvgIpc) is 3.24. The normalized spacial score (nSPS) is 17.7. The molecule has 3 heterocycles. The van der Waals surface area contributed by atoms with E-state index in [0.717, 1.165) is 31.5 Å². The second kappa shape index (κ2) is 12.0. The molecule has 2 aliphatic heterocycles. The third-order valence-corrected chi connectivity index (χ3v) is 7.39. The molecule has 0 N–H and O–H groups in total. The number of benzene rings is 2. The molecule has 0 aliphatic carbocycles. The Morgan fingerprint density at radius 1 is 0.974 bits per heavy atom. The number of para-hydroxylation sites is 1. The Hall–Kier alpha value is -3.36. The van der Waals surface area contributed by atoms with E-state index in [0.29, 0.717) is 60.9 Å². The highest BCUT2D eigenvalue weighted by atomic mass is 16.5.